The zero-order valence-electron chi connectivity index (χ0n) is 14.2. The highest BCUT2D eigenvalue weighted by molar-refractivity contribution is 5.74. The second-order valence-electron chi connectivity index (χ2n) is 6.18. The number of hydrogen-bond donors (Lipinski definition) is 1. The van der Waals surface area contributed by atoms with Crippen LogP contribution in [0.3, 0.4) is 0 Å². The molecule has 0 saturated carbocycles. The average molecular weight is 342 g/mol. The van der Waals surface area contributed by atoms with Crippen LogP contribution >= 0.6 is 0 Å². The zero-order chi connectivity index (χ0) is 17.5. The molecule has 132 valence electrons. The van der Waals surface area contributed by atoms with Gasteiger partial charge in [0, 0.05) is 13.1 Å². The fraction of sp³-hybridized carbons (Fsp3) is 0.350. The number of morpholine rings is 1. The van der Waals surface area contributed by atoms with Crippen molar-refractivity contribution in [2.75, 3.05) is 26.2 Å². The minimum absolute atomic E-state index is 0.0662. The first-order valence-electron chi connectivity index (χ1n) is 8.66. The van der Waals surface area contributed by atoms with Crippen LogP contribution in [-0.4, -0.2) is 37.2 Å². The van der Waals surface area contributed by atoms with Gasteiger partial charge in [0.05, 0.1) is 13.2 Å². The lowest BCUT2D eigenvalue weighted by Crippen LogP contribution is -2.47. The molecule has 1 saturated heterocycles. The number of halogens is 1. The average Bonchev–Trinajstić information content (AvgIpc) is 2.66. The maximum absolute atomic E-state index is 13.0. The molecule has 1 heterocycles. The van der Waals surface area contributed by atoms with E-state index in [1.54, 1.807) is 17.0 Å². The van der Waals surface area contributed by atoms with E-state index in [4.69, 9.17) is 4.74 Å². The topological polar surface area (TPSA) is 41.6 Å². The Bertz CT molecular complexity index is 676. The van der Waals surface area contributed by atoms with Crippen LogP contribution in [0.15, 0.2) is 54.6 Å². The zero-order valence-corrected chi connectivity index (χ0v) is 14.2. The highest BCUT2D eigenvalue weighted by Gasteiger charge is 2.25. The lowest BCUT2D eigenvalue weighted by molar-refractivity contribution is -0.0154. The summed E-state index contributed by atoms with van der Waals surface area (Å²) >= 11 is 0. The SMILES string of the molecule is O=C(NCCCc1ccccc1)N1CCO[C@@H](c2ccc(F)cc2)C1. The lowest BCUT2D eigenvalue weighted by atomic mass is 10.1. The molecule has 3 rings (SSSR count). The van der Waals surface area contributed by atoms with E-state index in [0.717, 1.165) is 18.4 Å². The first kappa shape index (κ1) is 17.4. The summed E-state index contributed by atoms with van der Waals surface area (Å²) in [4.78, 5) is 14.1. The monoisotopic (exact) mass is 342 g/mol. The number of amides is 2. The molecule has 1 fully saturated rings. The van der Waals surface area contributed by atoms with E-state index >= 15 is 0 Å². The second-order valence-corrected chi connectivity index (χ2v) is 6.18. The molecule has 25 heavy (non-hydrogen) atoms. The molecule has 0 spiro atoms. The molecular formula is C20H23FN2O2. The van der Waals surface area contributed by atoms with Crippen LogP contribution in [0.25, 0.3) is 0 Å². The van der Waals surface area contributed by atoms with Crippen molar-refractivity contribution in [2.45, 2.75) is 18.9 Å². The van der Waals surface area contributed by atoms with Gasteiger partial charge in [-0.3, -0.25) is 0 Å². The van der Waals surface area contributed by atoms with E-state index in [1.165, 1.54) is 17.7 Å². The molecule has 1 aliphatic rings. The summed E-state index contributed by atoms with van der Waals surface area (Å²) in [6.07, 6.45) is 1.65. The minimum Gasteiger partial charge on any atom is -0.370 e. The Labute approximate surface area is 147 Å². The summed E-state index contributed by atoms with van der Waals surface area (Å²) in [6, 6.07) is 16.4. The van der Waals surface area contributed by atoms with Gasteiger partial charge in [-0.05, 0) is 36.1 Å². The largest absolute Gasteiger partial charge is 0.370 e. The molecule has 1 aliphatic heterocycles. The van der Waals surface area contributed by atoms with Crippen molar-refractivity contribution in [3.63, 3.8) is 0 Å². The Morgan fingerprint density at radius 3 is 2.68 bits per heavy atom. The van der Waals surface area contributed by atoms with Crippen LogP contribution in [0.2, 0.25) is 0 Å². The van der Waals surface area contributed by atoms with Crippen LogP contribution in [0.5, 0.6) is 0 Å². The molecule has 2 aromatic carbocycles. The number of urea groups is 1. The first-order valence-corrected chi connectivity index (χ1v) is 8.66. The maximum atomic E-state index is 13.0. The quantitative estimate of drug-likeness (QED) is 0.845. The molecule has 0 aliphatic carbocycles. The third kappa shape index (κ3) is 5.03. The van der Waals surface area contributed by atoms with Crippen molar-refractivity contribution in [3.8, 4) is 0 Å². The number of benzene rings is 2. The normalized spacial score (nSPS) is 17.3. The summed E-state index contributed by atoms with van der Waals surface area (Å²) in [5, 5.41) is 2.98. The molecule has 0 aromatic heterocycles. The third-order valence-electron chi connectivity index (χ3n) is 4.36. The Morgan fingerprint density at radius 1 is 1.16 bits per heavy atom. The number of carbonyl (C=O) groups is 1. The van der Waals surface area contributed by atoms with Gasteiger partial charge < -0.3 is 15.0 Å². The molecule has 4 nitrogen and oxygen atoms in total. The van der Waals surface area contributed by atoms with E-state index in [1.807, 2.05) is 18.2 Å². The van der Waals surface area contributed by atoms with E-state index in [9.17, 15) is 9.18 Å². The number of hydrogen-bond acceptors (Lipinski definition) is 2. The van der Waals surface area contributed by atoms with Crippen molar-refractivity contribution in [3.05, 3.63) is 71.5 Å². The van der Waals surface area contributed by atoms with Gasteiger partial charge in [-0.15, -0.1) is 0 Å². The van der Waals surface area contributed by atoms with Gasteiger partial charge in [-0.25, -0.2) is 9.18 Å². The highest BCUT2D eigenvalue weighted by Crippen LogP contribution is 2.22. The number of carbonyl (C=O) groups excluding carboxylic acids is 1. The van der Waals surface area contributed by atoms with Gasteiger partial charge in [-0.1, -0.05) is 42.5 Å². The van der Waals surface area contributed by atoms with E-state index < -0.39 is 0 Å². The summed E-state index contributed by atoms with van der Waals surface area (Å²) in [5.74, 6) is -0.271. The predicted molar refractivity (Wildman–Crippen MR) is 94.8 cm³/mol. The standard InChI is InChI=1S/C20H23FN2O2/c21-18-10-8-17(9-11-18)19-15-23(13-14-25-19)20(24)22-12-4-7-16-5-2-1-3-6-16/h1-3,5-6,8-11,19H,4,7,12-15H2,(H,22,24)/t19-/m1/s1. The summed E-state index contributed by atoms with van der Waals surface area (Å²) in [7, 11) is 0. The van der Waals surface area contributed by atoms with E-state index in [0.29, 0.717) is 26.2 Å². The summed E-state index contributed by atoms with van der Waals surface area (Å²) in [6.45, 7) is 2.18. The first-order chi connectivity index (χ1) is 12.2. The van der Waals surface area contributed by atoms with Crippen molar-refractivity contribution in [1.82, 2.24) is 10.2 Å². The number of nitrogens with one attached hydrogen (secondary N) is 1. The van der Waals surface area contributed by atoms with E-state index in [-0.39, 0.29) is 18.0 Å². The molecule has 0 unspecified atom stereocenters. The van der Waals surface area contributed by atoms with E-state index in [2.05, 4.69) is 17.4 Å². The van der Waals surface area contributed by atoms with Crippen LogP contribution in [0, 0.1) is 5.82 Å². The molecular weight excluding hydrogens is 319 g/mol. The molecule has 2 aromatic rings. The molecule has 2 amide bonds. The Morgan fingerprint density at radius 2 is 1.92 bits per heavy atom. The van der Waals surface area contributed by atoms with Crippen LogP contribution in [-0.2, 0) is 11.2 Å². The molecule has 5 heteroatoms. The van der Waals surface area contributed by atoms with Gasteiger partial charge in [0.1, 0.15) is 11.9 Å². The molecule has 1 N–H and O–H groups in total. The Balaban J connectivity index is 1.44. The number of aryl methyl sites for hydroxylation is 1. The lowest BCUT2D eigenvalue weighted by Gasteiger charge is -2.33. The number of nitrogens with zero attached hydrogens (tertiary/aromatic N) is 1. The number of ether oxygens (including phenoxy) is 1. The summed E-state index contributed by atoms with van der Waals surface area (Å²) < 4.78 is 18.8. The van der Waals surface area contributed by atoms with Crippen LogP contribution in [0.1, 0.15) is 23.7 Å². The van der Waals surface area contributed by atoms with Gasteiger partial charge in [0.15, 0.2) is 0 Å². The smallest absolute Gasteiger partial charge is 0.317 e. The Hall–Kier alpha value is -2.40. The molecule has 1 atom stereocenters. The van der Waals surface area contributed by atoms with Crippen molar-refractivity contribution in [1.29, 1.82) is 0 Å². The van der Waals surface area contributed by atoms with Crippen LogP contribution < -0.4 is 5.32 Å². The molecule has 0 radical (unpaired) electrons. The van der Waals surface area contributed by atoms with Crippen LogP contribution in [0.4, 0.5) is 9.18 Å². The van der Waals surface area contributed by atoms with Gasteiger partial charge in [0.25, 0.3) is 0 Å². The highest BCUT2D eigenvalue weighted by atomic mass is 19.1. The van der Waals surface area contributed by atoms with Gasteiger partial charge >= 0.3 is 6.03 Å². The Kier molecular flexibility index (Phi) is 6.01. The summed E-state index contributed by atoms with van der Waals surface area (Å²) in [5.41, 5.74) is 2.17. The van der Waals surface area contributed by atoms with Gasteiger partial charge in [0.2, 0.25) is 0 Å². The third-order valence-corrected chi connectivity index (χ3v) is 4.36. The van der Waals surface area contributed by atoms with Crippen molar-refractivity contribution < 1.29 is 13.9 Å². The fourth-order valence-corrected chi connectivity index (χ4v) is 2.96. The second kappa shape index (κ2) is 8.62. The van der Waals surface area contributed by atoms with Crippen molar-refractivity contribution >= 4 is 6.03 Å². The van der Waals surface area contributed by atoms with Crippen molar-refractivity contribution in [2.24, 2.45) is 0 Å². The number of rotatable bonds is 5. The molecule has 0 bridgehead atoms. The predicted octanol–water partition coefficient (Wildman–Crippen LogP) is 3.54. The maximum Gasteiger partial charge on any atom is 0.317 e. The minimum atomic E-state index is -0.271. The fourth-order valence-electron chi connectivity index (χ4n) is 2.96. The van der Waals surface area contributed by atoms with Gasteiger partial charge in [-0.2, -0.15) is 0 Å².